The van der Waals surface area contributed by atoms with Crippen molar-refractivity contribution < 1.29 is 9.59 Å². The molecule has 172 valence electrons. The number of carbonyl (C=O) groups is 2. The Labute approximate surface area is 202 Å². The van der Waals surface area contributed by atoms with Gasteiger partial charge in [0.2, 0.25) is 5.91 Å². The maximum atomic E-state index is 12.6. The van der Waals surface area contributed by atoms with Gasteiger partial charge in [0, 0.05) is 17.1 Å². The van der Waals surface area contributed by atoms with Gasteiger partial charge in [-0.2, -0.15) is 0 Å². The standard InChI is InChI=1S/C24H26ClN5O2S/c1-4-14-30-22(17(3)27-23(32)19-10-12-20(25)13-11-19)28-29-24(30)33-15-21(31)26-16(2)18-8-6-5-7-9-18/h4-13,16-17H,1,14-15H2,2-3H3,(H,26,31)(H,27,32)/t16-,17+/m0/s1. The summed E-state index contributed by atoms with van der Waals surface area (Å²) in [5.41, 5.74) is 1.54. The van der Waals surface area contributed by atoms with Crippen LogP contribution in [0, 0.1) is 0 Å². The van der Waals surface area contributed by atoms with Gasteiger partial charge in [-0.15, -0.1) is 16.8 Å². The zero-order valence-electron chi connectivity index (χ0n) is 18.5. The van der Waals surface area contributed by atoms with Gasteiger partial charge in [-0.25, -0.2) is 0 Å². The van der Waals surface area contributed by atoms with Gasteiger partial charge >= 0.3 is 0 Å². The van der Waals surface area contributed by atoms with Crippen LogP contribution in [0.15, 0.2) is 72.4 Å². The minimum absolute atomic E-state index is 0.0935. The van der Waals surface area contributed by atoms with Crippen LogP contribution in [-0.4, -0.2) is 32.3 Å². The number of nitrogens with one attached hydrogen (secondary N) is 2. The summed E-state index contributed by atoms with van der Waals surface area (Å²) in [5.74, 6) is 0.432. The first-order valence-corrected chi connectivity index (χ1v) is 11.8. The summed E-state index contributed by atoms with van der Waals surface area (Å²) in [4.78, 5) is 25.0. The van der Waals surface area contributed by atoms with Gasteiger partial charge in [0.25, 0.3) is 5.91 Å². The van der Waals surface area contributed by atoms with E-state index in [2.05, 4.69) is 27.4 Å². The SMILES string of the molecule is C=CCn1c(SCC(=O)N[C@@H](C)c2ccccc2)nnc1[C@@H](C)NC(=O)c1ccc(Cl)cc1. The molecule has 1 heterocycles. The van der Waals surface area contributed by atoms with Crippen molar-refractivity contribution in [3.05, 3.63) is 89.2 Å². The van der Waals surface area contributed by atoms with E-state index in [1.165, 1.54) is 11.8 Å². The van der Waals surface area contributed by atoms with E-state index < -0.39 is 6.04 Å². The van der Waals surface area contributed by atoms with Crippen LogP contribution in [0.5, 0.6) is 0 Å². The summed E-state index contributed by atoms with van der Waals surface area (Å²) < 4.78 is 1.85. The highest BCUT2D eigenvalue weighted by Crippen LogP contribution is 2.22. The van der Waals surface area contributed by atoms with Crippen LogP contribution < -0.4 is 10.6 Å². The number of hydrogen-bond donors (Lipinski definition) is 2. The van der Waals surface area contributed by atoms with E-state index in [-0.39, 0.29) is 23.6 Å². The highest BCUT2D eigenvalue weighted by molar-refractivity contribution is 7.99. The molecule has 1 aromatic heterocycles. The molecule has 33 heavy (non-hydrogen) atoms. The molecule has 0 bridgehead atoms. The minimum atomic E-state index is -0.401. The summed E-state index contributed by atoms with van der Waals surface area (Å²) in [6.45, 7) is 8.03. The molecule has 0 aliphatic heterocycles. The number of carbonyl (C=O) groups excluding carboxylic acids is 2. The Bertz CT molecular complexity index is 1100. The topological polar surface area (TPSA) is 88.9 Å². The second-order valence-electron chi connectivity index (χ2n) is 7.43. The average molecular weight is 484 g/mol. The zero-order chi connectivity index (χ0) is 23.8. The number of amides is 2. The van der Waals surface area contributed by atoms with Gasteiger partial charge in [0.15, 0.2) is 11.0 Å². The Balaban J connectivity index is 1.63. The third-order valence-electron chi connectivity index (χ3n) is 4.91. The Morgan fingerprint density at radius 3 is 2.42 bits per heavy atom. The third kappa shape index (κ3) is 6.69. The van der Waals surface area contributed by atoms with Crippen LogP contribution in [-0.2, 0) is 11.3 Å². The zero-order valence-corrected chi connectivity index (χ0v) is 20.1. The van der Waals surface area contributed by atoms with Crippen LogP contribution in [0.25, 0.3) is 0 Å². The number of benzene rings is 2. The molecule has 3 aromatic rings. The molecular weight excluding hydrogens is 458 g/mol. The van der Waals surface area contributed by atoms with Crippen molar-refractivity contribution in [3.63, 3.8) is 0 Å². The molecule has 2 aromatic carbocycles. The monoisotopic (exact) mass is 483 g/mol. The lowest BCUT2D eigenvalue weighted by Crippen LogP contribution is -2.29. The Hall–Kier alpha value is -3.10. The number of nitrogens with zero attached hydrogens (tertiary/aromatic N) is 3. The number of hydrogen-bond acceptors (Lipinski definition) is 5. The lowest BCUT2D eigenvalue weighted by Gasteiger charge is -2.16. The molecule has 0 fully saturated rings. The van der Waals surface area contributed by atoms with Crippen LogP contribution in [0.4, 0.5) is 0 Å². The van der Waals surface area contributed by atoms with Crippen molar-refractivity contribution in [2.24, 2.45) is 0 Å². The average Bonchev–Trinajstić information content (AvgIpc) is 3.21. The van der Waals surface area contributed by atoms with Crippen molar-refractivity contribution >= 4 is 35.2 Å². The minimum Gasteiger partial charge on any atom is -0.349 e. The van der Waals surface area contributed by atoms with Crippen LogP contribution in [0.1, 0.15) is 47.7 Å². The first-order valence-electron chi connectivity index (χ1n) is 10.5. The molecule has 0 saturated heterocycles. The van der Waals surface area contributed by atoms with E-state index in [1.54, 1.807) is 30.3 Å². The second-order valence-corrected chi connectivity index (χ2v) is 8.81. The Kier molecular flexibility index (Phi) is 8.68. The van der Waals surface area contributed by atoms with Gasteiger partial charge in [0.05, 0.1) is 17.8 Å². The lowest BCUT2D eigenvalue weighted by molar-refractivity contribution is -0.119. The number of rotatable bonds is 10. The normalized spacial score (nSPS) is 12.6. The Morgan fingerprint density at radius 2 is 1.76 bits per heavy atom. The second kappa shape index (κ2) is 11.7. The van der Waals surface area contributed by atoms with Crippen LogP contribution >= 0.6 is 23.4 Å². The predicted molar refractivity (Wildman–Crippen MR) is 131 cm³/mol. The van der Waals surface area contributed by atoms with Gasteiger partial charge < -0.3 is 15.2 Å². The molecule has 2 atom stereocenters. The van der Waals surface area contributed by atoms with Crippen LogP contribution in [0.3, 0.4) is 0 Å². The summed E-state index contributed by atoms with van der Waals surface area (Å²) in [7, 11) is 0. The van der Waals surface area contributed by atoms with E-state index in [4.69, 9.17) is 11.6 Å². The van der Waals surface area contributed by atoms with Gasteiger partial charge in [-0.05, 0) is 43.7 Å². The molecule has 3 rings (SSSR count). The lowest BCUT2D eigenvalue weighted by atomic mass is 10.1. The van der Waals surface area contributed by atoms with E-state index in [9.17, 15) is 9.59 Å². The van der Waals surface area contributed by atoms with E-state index >= 15 is 0 Å². The first-order chi connectivity index (χ1) is 15.9. The fourth-order valence-electron chi connectivity index (χ4n) is 3.21. The molecule has 2 N–H and O–H groups in total. The molecule has 0 aliphatic rings. The van der Waals surface area contributed by atoms with Gasteiger partial charge in [-0.3, -0.25) is 9.59 Å². The van der Waals surface area contributed by atoms with Gasteiger partial charge in [0.1, 0.15) is 0 Å². The Morgan fingerprint density at radius 1 is 1.06 bits per heavy atom. The van der Waals surface area contributed by atoms with Crippen molar-refractivity contribution in [1.82, 2.24) is 25.4 Å². The van der Waals surface area contributed by atoms with E-state index in [0.717, 1.165) is 5.56 Å². The van der Waals surface area contributed by atoms with E-state index in [1.807, 2.05) is 48.7 Å². The van der Waals surface area contributed by atoms with Crippen molar-refractivity contribution in [2.75, 3.05) is 5.75 Å². The molecular formula is C24H26ClN5O2S. The van der Waals surface area contributed by atoms with Gasteiger partial charge in [-0.1, -0.05) is 59.8 Å². The highest BCUT2D eigenvalue weighted by Gasteiger charge is 2.21. The van der Waals surface area contributed by atoms with Crippen molar-refractivity contribution in [3.8, 4) is 0 Å². The third-order valence-corrected chi connectivity index (χ3v) is 6.13. The number of aromatic nitrogens is 3. The summed E-state index contributed by atoms with van der Waals surface area (Å²) in [6.07, 6.45) is 1.72. The number of allylic oxidation sites excluding steroid dienone is 1. The number of halogens is 1. The molecule has 7 nitrogen and oxygen atoms in total. The maximum absolute atomic E-state index is 12.6. The molecule has 0 aliphatic carbocycles. The molecule has 0 unspecified atom stereocenters. The molecule has 0 spiro atoms. The highest BCUT2D eigenvalue weighted by atomic mass is 35.5. The quantitative estimate of drug-likeness (QED) is 0.325. The number of thioether (sulfide) groups is 1. The molecule has 9 heteroatoms. The fourth-order valence-corrected chi connectivity index (χ4v) is 4.10. The molecule has 0 radical (unpaired) electrons. The van der Waals surface area contributed by atoms with Crippen molar-refractivity contribution in [2.45, 2.75) is 37.6 Å². The predicted octanol–water partition coefficient (Wildman–Crippen LogP) is 4.58. The largest absolute Gasteiger partial charge is 0.349 e. The van der Waals surface area contributed by atoms with E-state index in [0.29, 0.717) is 28.1 Å². The summed E-state index contributed by atoms with van der Waals surface area (Å²) >= 11 is 7.18. The molecule has 0 saturated carbocycles. The van der Waals surface area contributed by atoms with Crippen molar-refractivity contribution in [1.29, 1.82) is 0 Å². The summed E-state index contributed by atoms with van der Waals surface area (Å²) in [5, 5.41) is 15.6. The fraction of sp³-hybridized carbons (Fsp3) is 0.250. The summed E-state index contributed by atoms with van der Waals surface area (Å²) in [6, 6.07) is 15.9. The van der Waals surface area contributed by atoms with Crippen LogP contribution in [0.2, 0.25) is 5.02 Å². The smallest absolute Gasteiger partial charge is 0.251 e. The molecule has 2 amide bonds. The first kappa shape index (κ1) is 24.5. The maximum Gasteiger partial charge on any atom is 0.251 e.